The Morgan fingerprint density at radius 3 is 1.20 bits per heavy atom. The second kappa shape index (κ2) is 16.1. The Kier molecular flexibility index (Phi) is 21.5. The van der Waals surface area contributed by atoms with Gasteiger partial charge >= 0.3 is 11.9 Å². The predicted octanol–water partition coefficient (Wildman–Crippen LogP) is 2.52. The molecule has 4 nitrogen and oxygen atoms in total. The van der Waals surface area contributed by atoms with E-state index in [-0.39, 0.29) is 21.1 Å². The molecule has 0 saturated heterocycles. The van der Waals surface area contributed by atoms with Gasteiger partial charge in [-0.1, -0.05) is 26.7 Å². The molecule has 0 saturated carbocycles. The van der Waals surface area contributed by atoms with E-state index in [4.69, 9.17) is 10.2 Å². The van der Waals surface area contributed by atoms with Crippen LogP contribution < -0.4 is 0 Å². The first-order chi connectivity index (χ1) is 6.54. The van der Waals surface area contributed by atoms with Crippen molar-refractivity contribution in [2.75, 3.05) is 0 Å². The van der Waals surface area contributed by atoms with E-state index in [1.54, 1.807) is 0 Å². The monoisotopic (exact) mass is 399 g/mol. The van der Waals surface area contributed by atoms with Crippen LogP contribution in [-0.4, -0.2) is 22.2 Å². The van der Waals surface area contributed by atoms with E-state index >= 15 is 0 Å². The summed E-state index contributed by atoms with van der Waals surface area (Å²) < 4.78 is 0. The quantitative estimate of drug-likeness (QED) is 0.720. The molecule has 0 unspecified atom stereocenters. The summed E-state index contributed by atoms with van der Waals surface area (Å²) in [7, 11) is 0. The summed E-state index contributed by atoms with van der Waals surface area (Å²) in [5.41, 5.74) is 0. The molecular weight excluding hydrogens is 379 g/mol. The zero-order valence-electron chi connectivity index (χ0n) is 9.27. The summed E-state index contributed by atoms with van der Waals surface area (Å²) in [5, 5.41) is 16.1. The number of carboxylic acids is 2. The number of carbonyl (C=O) groups is 2. The molecule has 0 aliphatic rings. The molecule has 0 radical (unpaired) electrons. The maximum atomic E-state index is 9.76. The number of hydrogen-bond acceptors (Lipinski definition) is 2. The van der Waals surface area contributed by atoms with Gasteiger partial charge in [0.25, 0.3) is 0 Å². The number of carboxylic acid groups (broad SMARTS) is 2. The molecule has 0 aromatic rings. The van der Waals surface area contributed by atoms with Crippen molar-refractivity contribution in [1.29, 1.82) is 0 Å². The molecule has 0 bridgehead atoms. The molecule has 5 heteroatoms. The number of aliphatic carboxylic acids is 2. The van der Waals surface area contributed by atoms with Gasteiger partial charge in [0, 0.05) is 33.9 Å². The normalized spacial score (nSPS) is 8.13. The van der Waals surface area contributed by atoms with Gasteiger partial charge in [-0.05, 0) is 12.8 Å². The molecule has 0 aliphatic carbocycles. The topological polar surface area (TPSA) is 74.6 Å². The minimum Gasteiger partial charge on any atom is -0.481 e. The van der Waals surface area contributed by atoms with Crippen LogP contribution in [0, 0.1) is 0 Å². The molecule has 2 N–H and O–H groups in total. The summed E-state index contributed by atoms with van der Waals surface area (Å²) in [5.74, 6) is -1.39. The third-order valence-corrected chi connectivity index (χ3v) is 1.49. The third kappa shape index (κ3) is 31.7. The third-order valence-electron chi connectivity index (χ3n) is 1.49. The smallest absolute Gasteiger partial charge is 0.303 e. The van der Waals surface area contributed by atoms with Gasteiger partial charge < -0.3 is 10.2 Å². The van der Waals surface area contributed by atoms with E-state index in [1.165, 1.54) is 0 Å². The zero-order valence-corrected chi connectivity index (χ0v) is 11.5. The van der Waals surface area contributed by atoms with Gasteiger partial charge in [0.05, 0.1) is 0 Å². The van der Waals surface area contributed by atoms with Gasteiger partial charge in [0.2, 0.25) is 0 Å². The summed E-state index contributed by atoms with van der Waals surface area (Å²) in [6, 6.07) is 0. The molecule has 0 fully saturated rings. The Balaban J connectivity index is -0.000000180. The molecule has 0 amide bonds. The molecule has 0 aromatic heterocycles. The number of rotatable bonds is 6. The van der Waals surface area contributed by atoms with Crippen LogP contribution in [0.4, 0.5) is 0 Å². The SMILES string of the molecule is CCCCC(=O)O.CCCCC(=O)O.[Pt]. The van der Waals surface area contributed by atoms with Crippen molar-refractivity contribution in [2.45, 2.75) is 52.4 Å². The standard InChI is InChI=1S/2C5H10O2.Pt/c2*1-2-3-4-5(6)7;/h2*2-4H2,1H3,(H,6,7);. The fourth-order valence-electron chi connectivity index (χ4n) is 0.656. The van der Waals surface area contributed by atoms with Crippen molar-refractivity contribution in [1.82, 2.24) is 0 Å². The van der Waals surface area contributed by atoms with E-state index in [0.717, 1.165) is 25.7 Å². The van der Waals surface area contributed by atoms with Crippen LogP contribution >= 0.6 is 0 Å². The number of hydrogen-bond donors (Lipinski definition) is 2. The van der Waals surface area contributed by atoms with E-state index < -0.39 is 11.9 Å². The fraction of sp³-hybridized carbons (Fsp3) is 0.800. The van der Waals surface area contributed by atoms with Crippen LogP contribution in [0.25, 0.3) is 0 Å². The summed E-state index contributed by atoms with van der Waals surface area (Å²) in [4.78, 5) is 19.5. The maximum absolute atomic E-state index is 9.76. The van der Waals surface area contributed by atoms with Crippen LogP contribution in [0.3, 0.4) is 0 Å². The second-order valence-electron chi connectivity index (χ2n) is 2.99. The second-order valence-corrected chi connectivity index (χ2v) is 2.99. The minimum atomic E-state index is -0.693. The Morgan fingerprint density at radius 2 is 1.13 bits per heavy atom. The van der Waals surface area contributed by atoms with Gasteiger partial charge in [-0.15, -0.1) is 0 Å². The van der Waals surface area contributed by atoms with Crippen LogP contribution in [-0.2, 0) is 30.7 Å². The van der Waals surface area contributed by atoms with Crippen molar-refractivity contribution >= 4 is 11.9 Å². The van der Waals surface area contributed by atoms with Crippen molar-refractivity contribution in [3.05, 3.63) is 0 Å². The van der Waals surface area contributed by atoms with Gasteiger partial charge in [0.15, 0.2) is 0 Å². The van der Waals surface area contributed by atoms with Crippen LogP contribution in [0.1, 0.15) is 52.4 Å². The average Bonchev–Trinajstić information content (AvgIpc) is 2.12. The molecule has 0 rings (SSSR count). The molecule has 0 aromatic carbocycles. The minimum absolute atomic E-state index is 0. The largest absolute Gasteiger partial charge is 0.481 e. The molecule has 15 heavy (non-hydrogen) atoms. The molecule has 0 spiro atoms. The van der Waals surface area contributed by atoms with Crippen molar-refractivity contribution in [3.63, 3.8) is 0 Å². The van der Waals surface area contributed by atoms with E-state index in [1.807, 2.05) is 13.8 Å². The molecule has 0 atom stereocenters. The van der Waals surface area contributed by atoms with Crippen LogP contribution in [0.5, 0.6) is 0 Å². The van der Waals surface area contributed by atoms with E-state index in [0.29, 0.717) is 12.8 Å². The fourth-order valence-corrected chi connectivity index (χ4v) is 0.656. The summed E-state index contributed by atoms with van der Waals surface area (Å²) in [6.45, 7) is 3.95. The van der Waals surface area contributed by atoms with Crippen LogP contribution in [0.15, 0.2) is 0 Å². The van der Waals surface area contributed by atoms with Gasteiger partial charge in [-0.2, -0.15) is 0 Å². The van der Waals surface area contributed by atoms with Crippen molar-refractivity contribution in [3.8, 4) is 0 Å². The maximum Gasteiger partial charge on any atom is 0.303 e. The van der Waals surface area contributed by atoms with E-state index in [2.05, 4.69) is 0 Å². The Labute approximate surface area is 105 Å². The van der Waals surface area contributed by atoms with Crippen LogP contribution in [0.2, 0.25) is 0 Å². The average molecular weight is 399 g/mol. The Morgan fingerprint density at radius 1 is 0.867 bits per heavy atom. The van der Waals surface area contributed by atoms with Crippen molar-refractivity contribution < 1.29 is 40.9 Å². The summed E-state index contributed by atoms with van der Waals surface area (Å²) >= 11 is 0. The summed E-state index contributed by atoms with van der Waals surface area (Å²) in [6.07, 6.45) is 4.16. The zero-order chi connectivity index (χ0) is 11.4. The number of unbranched alkanes of at least 4 members (excludes halogenated alkanes) is 2. The first kappa shape index (κ1) is 20.1. The molecule has 0 aliphatic heterocycles. The predicted molar refractivity (Wildman–Crippen MR) is 54.3 cm³/mol. The Bertz CT molecular complexity index is 142. The van der Waals surface area contributed by atoms with Gasteiger partial charge in [-0.25, -0.2) is 0 Å². The first-order valence-corrected chi connectivity index (χ1v) is 4.98. The molecule has 0 heterocycles. The van der Waals surface area contributed by atoms with E-state index in [9.17, 15) is 9.59 Å². The van der Waals surface area contributed by atoms with Crippen molar-refractivity contribution in [2.24, 2.45) is 0 Å². The molecule has 94 valence electrons. The van der Waals surface area contributed by atoms with Gasteiger partial charge in [0.1, 0.15) is 0 Å². The first-order valence-electron chi connectivity index (χ1n) is 4.98. The molecular formula is C10H20O4Pt. The van der Waals surface area contributed by atoms with Gasteiger partial charge in [-0.3, -0.25) is 9.59 Å². The Hall–Kier alpha value is -0.372.